The van der Waals surface area contributed by atoms with Gasteiger partial charge < -0.3 is 16.4 Å². The van der Waals surface area contributed by atoms with Gasteiger partial charge in [0.15, 0.2) is 0 Å². The number of rotatable bonds is 2. The maximum atomic E-state index is 12.9. The van der Waals surface area contributed by atoms with Gasteiger partial charge in [0.25, 0.3) is 5.91 Å². The van der Waals surface area contributed by atoms with E-state index in [0.29, 0.717) is 13.0 Å². The molecule has 4 N–H and O–H groups in total. The third-order valence-corrected chi connectivity index (χ3v) is 2.85. The van der Waals surface area contributed by atoms with Crippen molar-refractivity contribution in [1.82, 2.24) is 10.6 Å². The highest BCUT2D eigenvalue weighted by molar-refractivity contribution is 6.01. The minimum atomic E-state index is -0.546. The maximum Gasteiger partial charge on any atom is 0.254 e. The molecule has 0 saturated carbocycles. The summed E-state index contributed by atoms with van der Waals surface area (Å²) in [5, 5.41) is 5.26. The van der Waals surface area contributed by atoms with E-state index in [1.807, 2.05) is 0 Å². The van der Waals surface area contributed by atoms with E-state index >= 15 is 0 Å². The molecule has 6 heteroatoms. The predicted octanol–water partition coefficient (Wildman–Crippen LogP) is 0.416. The van der Waals surface area contributed by atoms with Gasteiger partial charge in [-0.05, 0) is 31.0 Å². The molecule has 1 aliphatic heterocycles. The zero-order chi connectivity index (χ0) is 13.1. The van der Waals surface area contributed by atoms with Crippen molar-refractivity contribution in [1.29, 1.82) is 0 Å². The van der Waals surface area contributed by atoms with E-state index in [-0.39, 0.29) is 17.2 Å². The van der Waals surface area contributed by atoms with Crippen LogP contribution in [0.3, 0.4) is 0 Å². The van der Waals surface area contributed by atoms with Crippen molar-refractivity contribution in [2.24, 2.45) is 0 Å². The quantitative estimate of drug-likeness (QED) is 0.666. The summed E-state index contributed by atoms with van der Waals surface area (Å²) in [4.78, 5) is 23.4. The molecular formula is C12H14FN3O2. The summed E-state index contributed by atoms with van der Waals surface area (Å²) in [7, 11) is 0. The molecule has 0 bridgehead atoms. The van der Waals surface area contributed by atoms with Crippen LogP contribution in [0.5, 0.6) is 0 Å². The average molecular weight is 251 g/mol. The van der Waals surface area contributed by atoms with E-state index in [1.165, 1.54) is 6.07 Å². The Bertz CT molecular complexity index is 490. The fraction of sp³-hybridized carbons (Fsp3) is 0.333. The van der Waals surface area contributed by atoms with E-state index < -0.39 is 17.8 Å². The molecule has 2 rings (SSSR count). The fourth-order valence-corrected chi connectivity index (χ4v) is 1.89. The first-order valence-corrected chi connectivity index (χ1v) is 5.71. The number of anilines is 1. The number of carbonyl (C=O) groups is 2. The van der Waals surface area contributed by atoms with E-state index in [9.17, 15) is 14.0 Å². The zero-order valence-corrected chi connectivity index (χ0v) is 9.70. The Morgan fingerprint density at radius 1 is 1.50 bits per heavy atom. The van der Waals surface area contributed by atoms with Crippen LogP contribution in [0.4, 0.5) is 10.1 Å². The maximum absolute atomic E-state index is 12.9. The van der Waals surface area contributed by atoms with Crippen molar-refractivity contribution >= 4 is 17.5 Å². The van der Waals surface area contributed by atoms with Gasteiger partial charge in [-0.3, -0.25) is 9.59 Å². The third kappa shape index (κ3) is 2.58. The van der Waals surface area contributed by atoms with Gasteiger partial charge in [0, 0.05) is 12.2 Å². The minimum absolute atomic E-state index is 0.0590. The number of hydrogen-bond acceptors (Lipinski definition) is 3. The third-order valence-electron chi connectivity index (χ3n) is 2.85. The molecule has 1 saturated heterocycles. The summed E-state index contributed by atoms with van der Waals surface area (Å²) in [6, 6.07) is 3.00. The van der Waals surface area contributed by atoms with Crippen molar-refractivity contribution in [3.63, 3.8) is 0 Å². The highest BCUT2D eigenvalue weighted by atomic mass is 19.1. The largest absolute Gasteiger partial charge is 0.398 e. The number of nitrogens with two attached hydrogens (primary N) is 1. The van der Waals surface area contributed by atoms with Crippen LogP contribution in [0, 0.1) is 5.82 Å². The molecule has 1 heterocycles. The van der Waals surface area contributed by atoms with Gasteiger partial charge >= 0.3 is 0 Å². The SMILES string of the molecule is Nc1cc(F)ccc1C(=O)NC1CCCNC1=O. The second-order valence-electron chi connectivity index (χ2n) is 4.19. The van der Waals surface area contributed by atoms with E-state index in [1.54, 1.807) is 0 Å². The number of carbonyl (C=O) groups excluding carboxylic acids is 2. The van der Waals surface area contributed by atoms with E-state index in [4.69, 9.17) is 5.73 Å². The number of piperidine rings is 1. The summed E-state index contributed by atoms with van der Waals surface area (Å²) in [6.45, 7) is 0.629. The zero-order valence-electron chi connectivity index (χ0n) is 9.70. The van der Waals surface area contributed by atoms with Gasteiger partial charge in [0.2, 0.25) is 5.91 Å². The number of benzene rings is 1. The van der Waals surface area contributed by atoms with Crippen molar-refractivity contribution in [3.8, 4) is 0 Å². The molecule has 96 valence electrons. The van der Waals surface area contributed by atoms with Gasteiger partial charge in [0.05, 0.1) is 5.56 Å². The number of amides is 2. The molecule has 2 amide bonds. The second kappa shape index (κ2) is 5.03. The molecule has 1 unspecified atom stereocenters. The predicted molar refractivity (Wildman–Crippen MR) is 64.3 cm³/mol. The molecule has 5 nitrogen and oxygen atoms in total. The molecule has 18 heavy (non-hydrogen) atoms. The molecule has 0 spiro atoms. The van der Waals surface area contributed by atoms with Crippen LogP contribution in [-0.4, -0.2) is 24.4 Å². The Kier molecular flexibility index (Phi) is 3.45. The number of halogens is 1. The standard InChI is InChI=1S/C12H14FN3O2/c13-7-3-4-8(9(14)6-7)11(17)16-10-2-1-5-15-12(10)18/h3-4,6,10H,1-2,5,14H2,(H,15,18)(H,16,17). The normalized spacial score (nSPS) is 19.2. The van der Waals surface area contributed by atoms with Gasteiger partial charge in [-0.2, -0.15) is 0 Å². The Morgan fingerprint density at radius 3 is 2.94 bits per heavy atom. The van der Waals surface area contributed by atoms with E-state index in [0.717, 1.165) is 18.6 Å². The summed E-state index contributed by atoms with van der Waals surface area (Å²) >= 11 is 0. The van der Waals surface area contributed by atoms with Crippen LogP contribution in [0.1, 0.15) is 23.2 Å². The first kappa shape index (κ1) is 12.3. The molecule has 1 fully saturated rings. The lowest BCUT2D eigenvalue weighted by Gasteiger charge is -2.23. The summed E-state index contributed by atoms with van der Waals surface area (Å²) in [6.07, 6.45) is 1.41. The highest BCUT2D eigenvalue weighted by Crippen LogP contribution is 2.14. The van der Waals surface area contributed by atoms with Gasteiger partial charge in [-0.1, -0.05) is 0 Å². The van der Waals surface area contributed by atoms with E-state index in [2.05, 4.69) is 10.6 Å². The van der Waals surface area contributed by atoms with Crippen molar-refractivity contribution in [2.45, 2.75) is 18.9 Å². The molecule has 0 aliphatic carbocycles. The Labute approximate surface area is 104 Å². The number of nitrogens with one attached hydrogen (secondary N) is 2. The Balaban J connectivity index is 2.09. The lowest BCUT2D eigenvalue weighted by atomic mass is 10.1. The van der Waals surface area contributed by atoms with Crippen LogP contribution >= 0.6 is 0 Å². The Morgan fingerprint density at radius 2 is 2.28 bits per heavy atom. The lowest BCUT2D eigenvalue weighted by Crippen LogP contribution is -2.50. The topological polar surface area (TPSA) is 84.2 Å². The van der Waals surface area contributed by atoms with Gasteiger partial charge in [0.1, 0.15) is 11.9 Å². The molecule has 1 aliphatic rings. The highest BCUT2D eigenvalue weighted by Gasteiger charge is 2.24. The first-order chi connectivity index (χ1) is 8.58. The van der Waals surface area contributed by atoms with Crippen LogP contribution in [0.25, 0.3) is 0 Å². The van der Waals surface area contributed by atoms with Crippen molar-refractivity contribution in [2.75, 3.05) is 12.3 Å². The van der Waals surface area contributed by atoms with Crippen LogP contribution in [0.15, 0.2) is 18.2 Å². The van der Waals surface area contributed by atoms with Gasteiger partial charge in [-0.15, -0.1) is 0 Å². The van der Waals surface area contributed by atoms with Crippen LogP contribution in [0.2, 0.25) is 0 Å². The minimum Gasteiger partial charge on any atom is -0.398 e. The average Bonchev–Trinajstić information content (AvgIpc) is 2.32. The smallest absolute Gasteiger partial charge is 0.254 e. The second-order valence-corrected chi connectivity index (χ2v) is 4.19. The first-order valence-electron chi connectivity index (χ1n) is 5.71. The molecule has 1 aromatic rings. The van der Waals surface area contributed by atoms with Gasteiger partial charge in [-0.25, -0.2) is 4.39 Å². The van der Waals surface area contributed by atoms with Crippen LogP contribution < -0.4 is 16.4 Å². The fourth-order valence-electron chi connectivity index (χ4n) is 1.89. The summed E-state index contributed by atoms with van der Waals surface area (Å²) < 4.78 is 12.9. The molecule has 0 radical (unpaired) electrons. The Hall–Kier alpha value is -2.11. The van der Waals surface area contributed by atoms with Crippen molar-refractivity contribution < 1.29 is 14.0 Å². The summed E-state index contributed by atoms with van der Waals surface area (Å²) in [5.74, 6) is -1.16. The lowest BCUT2D eigenvalue weighted by molar-refractivity contribution is -0.124. The van der Waals surface area contributed by atoms with Crippen molar-refractivity contribution in [3.05, 3.63) is 29.6 Å². The number of nitrogen functional groups attached to an aromatic ring is 1. The molecule has 0 aromatic heterocycles. The monoisotopic (exact) mass is 251 g/mol. The molecular weight excluding hydrogens is 237 g/mol. The molecule has 1 aromatic carbocycles. The summed E-state index contributed by atoms with van der Waals surface area (Å²) in [5.41, 5.74) is 5.80. The number of hydrogen-bond donors (Lipinski definition) is 3. The molecule has 1 atom stereocenters. The van der Waals surface area contributed by atoms with Crippen LogP contribution in [-0.2, 0) is 4.79 Å².